The third-order valence-electron chi connectivity index (χ3n) is 5.79. The van der Waals surface area contributed by atoms with Gasteiger partial charge in [-0.3, -0.25) is 0 Å². The molecule has 0 aromatic heterocycles. The Kier molecular flexibility index (Phi) is 4.67. The summed E-state index contributed by atoms with van der Waals surface area (Å²) in [5, 5.41) is 2.98. The van der Waals surface area contributed by atoms with E-state index in [0.29, 0.717) is 18.3 Å². The van der Waals surface area contributed by atoms with Gasteiger partial charge >= 0.3 is 6.03 Å². The van der Waals surface area contributed by atoms with Crippen molar-refractivity contribution in [3.8, 4) is 0 Å². The minimum Gasteiger partial charge on any atom is -0.334 e. The molecule has 6 heteroatoms. The Balaban J connectivity index is 1.52. The third-order valence-corrected chi connectivity index (χ3v) is 7.11. The molecule has 0 aliphatic heterocycles. The molecule has 2 amide bonds. The van der Waals surface area contributed by atoms with E-state index >= 15 is 0 Å². The highest BCUT2D eigenvalue weighted by atomic mass is 32.2. The molecule has 4 aliphatic rings. The number of carbonyl (C=O) groups is 1. The summed E-state index contributed by atoms with van der Waals surface area (Å²) in [5.41, 5.74) is 0. The Hall–Kier alpha value is -0.780. The van der Waals surface area contributed by atoms with Crippen molar-refractivity contribution in [2.45, 2.75) is 64.3 Å². The molecule has 126 valence electrons. The van der Waals surface area contributed by atoms with E-state index in [1.807, 2.05) is 6.92 Å². The summed E-state index contributed by atoms with van der Waals surface area (Å²) in [4.78, 5) is 12.1. The first-order valence-electron chi connectivity index (χ1n) is 8.78. The SMILES string of the molecule is CCCCCS(=O)(=O)NC(=O)NC1C2CC3CC(C2)CC1C3. The molecule has 0 spiro atoms. The summed E-state index contributed by atoms with van der Waals surface area (Å²) >= 11 is 0. The Morgan fingerprint density at radius 3 is 2.14 bits per heavy atom. The molecule has 4 rings (SSSR count). The van der Waals surface area contributed by atoms with Gasteiger partial charge in [0.15, 0.2) is 0 Å². The average Bonchev–Trinajstić information content (AvgIpc) is 2.41. The lowest BCUT2D eigenvalue weighted by Gasteiger charge is -2.54. The van der Waals surface area contributed by atoms with Crippen molar-refractivity contribution >= 4 is 16.1 Å². The first-order chi connectivity index (χ1) is 10.5. The zero-order valence-corrected chi connectivity index (χ0v) is 14.2. The number of nitrogens with one attached hydrogen (secondary N) is 2. The van der Waals surface area contributed by atoms with Gasteiger partial charge in [0.05, 0.1) is 5.75 Å². The molecule has 0 aromatic carbocycles. The van der Waals surface area contributed by atoms with Gasteiger partial charge in [0.2, 0.25) is 10.0 Å². The number of rotatable bonds is 6. The van der Waals surface area contributed by atoms with E-state index in [1.54, 1.807) is 0 Å². The van der Waals surface area contributed by atoms with Gasteiger partial charge in [0.1, 0.15) is 0 Å². The highest BCUT2D eigenvalue weighted by Gasteiger charge is 2.48. The minimum absolute atomic E-state index is 0.0376. The van der Waals surface area contributed by atoms with Gasteiger partial charge in [-0.15, -0.1) is 0 Å². The Morgan fingerprint density at radius 1 is 1.00 bits per heavy atom. The zero-order chi connectivity index (χ0) is 15.7. The van der Waals surface area contributed by atoms with Crippen molar-refractivity contribution in [3.05, 3.63) is 0 Å². The van der Waals surface area contributed by atoms with E-state index in [9.17, 15) is 13.2 Å². The molecule has 4 fully saturated rings. The topological polar surface area (TPSA) is 75.3 Å². The van der Waals surface area contributed by atoms with Crippen molar-refractivity contribution in [1.82, 2.24) is 10.0 Å². The van der Waals surface area contributed by atoms with Crippen LogP contribution >= 0.6 is 0 Å². The number of amides is 2. The van der Waals surface area contributed by atoms with Crippen LogP contribution in [-0.2, 0) is 10.0 Å². The van der Waals surface area contributed by atoms with Crippen LogP contribution in [0.5, 0.6) is 0 Å². The lowest BCUT2D eigenvalue weighted by Crippen LogP contribution is -2.58. The molecule has 0 heterocycles. The number of unbranched alkanes of at least 4 members (excludes halogenated alkanes) is 2. The van der Waals surface area contributed by atoms with Crippen molar-refractivity contribution in [2.24, 2.45) is 23.7 Å². The maximum Gasteiger partial charge on any atom is 0.328 e. The van der Waals surface area contributed by atoms with Crippen LogP contribution in [0.1, 0.15) is 58.3 Å². The number of urea groups is 1. The molecule has 4 aliphatic carbocycles. The lowest BCUT2D eigenvalue weighted by atomic mass is 9.54. The van der Waals surface area contributed by atoms with Crippen molar-refractivity contribution in [3.63, 3.8) is 0 Å². The molecule has 0 saturated heterocycles. The van der Waals surface area contributed by atoms with Crippen LogP contribution in [0.4, 0.5) is 4.79 Å². The van der Waals surface area contributed by atoms with Crippen LogP contribution in [0.3, 0.4) is 0 Å². The highest BCUT2D eigenvalue weighted by Crippen LogP contribution is 2.53. The van der Waals surface area contributed by atoms with E-state index in [2.05, 4.69) is 10.0 Å². The summed E-state index contributed by atoms with van der Waals surface area (Å²) < 4.78 is 26.0. The second-order valence-corrected chi connectivity index (χ2v) is 9.40. The Bertz CT molecular complexity index is 489. The largest absolute Gasteiger partial charge is 0.334 e. The molecule has 0 aromatic rings. The van der Waals surface area contributed by atoms with Gasteiger partial charge in [-0.2, -0.15) is 0 Å². The summed E-state index contributed by atoms with van der Waals surface area (Å²) in [6, 6.07) is -0.340. The normalized spacial score (nSPS) is 36.3. The van der Waals surface area contributed by atoms with Gasteiger partial charge in [0.25, 0.3) is 0 Å². The smallest absolute Gasteiger partial charge is 0.328 e. The molecule has 4 saturated carbocycles. The summed E-state index contributed by atoms with van der Waals surface area (Å²) in [5.74, 6) is 2.85. The quantitative estimate of drug-likeness (QED) is 0.736. The van der Waals surface area contributed by atoms with Crippen LogP contribution < -0.4 is 10.0 Å². The fourth-order valence-electron chi connectivity index (χ4n) is 5.08. The van der Waals surface area contributed by atoms with Crippen LogP contribution in [0.25, 0.3) is 0 Å². The van der Waals surface area contributed by atoms with Crippen molar-refractivity contribution < 1.29 is 13.2 Å². The van der Waals surface area contributed by atoms with Gasteiger partial charge in [-0.1, -0.05) is 19.8 Å². The van der Waals surface area contributed by atoms with Crippen LogP contribution in [-0.4, -0.2) is 26.2 Å². The summed E-state index contributed by atoms with van der Waals surface area (Å²) in [7, 11) is -3.49. The van der Waals surface area contributed by atoms with Gasteiger partial charge in [-0.05, 0) is 62.2 Å². The predicted octanol–water partition coefficient (Wildman–Crippen LogP) is 2.63. The van der Waals surface area contributed by atoms with E-state index in [4.69, 9.17) is 0 Å². The fraction of sp³-hybridized carbons (Fsp3) is 0.938. The Labute approximate surface area is 133 Å². The van der Waals surface area contributed by atoms with E-state index < -0.39 is 16.1 Å². The molecule has 22 heavy (non-hydrogen) atoms. The summed E-state index contributed by atoms with van der Waals surface area (Å²) in [6.07, 6.45) is 8.66. The van der Waals surface area contributed by atoms with Gasteiger partial charge in [0, 0.05) is 6.04 Å². The first kappa shape index (κ1) is 16.1. The number of hydrogen-bond donors (Lipinski definition) is 2. The molecule has 5 nitrogen and oxygen atoms in total. The number of sulfonamides is 1. The molecule has 0 atom stereocenters. The number of carbonyl (C=O) groups excluding carboxylic acids is 1. The molecule has 4 bridgehead atoms. The van der Waals surface area contributed by atoms with E-state index in [0.717, 1.165) is 24.7 Å². The second-order valence-electron chi connectivity index (χ2n) is 7.56. The van der Waals surface area contributed by atoms with E-state index in [1.165, 1.54) is 32.1 Å². The second kappa shape index (κ2) is 6.38. The monoisotopic (exact) mass is 328 g/mol. The average molecular weight is 328 g/mol. The Morgan fingerprint density at radius 2 is 1.59 bits per heavy atom. The van der Waals surface area contributed by atoms with Gasteiger partial charge in [-0.25, -0.2) is 17.9 Å². The van der Waals surface area contributed by atoms with Crippen molar-refractivity contribution in [2.75, 3.05) is 5.75 Å². The van der Waals surface area contributed by atoms with Crippen LogP contribution in [0.15, 0.2) is 0 Å². The molecular formula is C16H28N2O3S. The molecule has 0 radical (unpaired) electrons. The maximum atomic E-state index is 12.1. The standard InChI is InChI=1S/C16H28N2O3S/c1-2-3-4-5-22(20,21)18-16(19)17-15-13-7-11-6-12(9-13)10-14(15)8-11/h11-15H,2-10H2,1H3,(H2,17,18,19). The first-order valence-corrected chi connectivity index (χ1v) is 10.4. The van der Waals surface area contributed by atoms with Crippen LogP contribution in [0, 0.1) is 23.7 Å². The predicted molar refractivity (Wildman–Crippen MR) is 85.8 cm³/mol. The summed E-state index contributed by atoms with van der Waals surface area (Å²) in [6.45, 7) is 2.03. The third kappa shape index (κ3) is 3.58. The minimum atomic E-state index is -3.49. The van der Waals surface area contributed by atoms with Crippen molar-refractivity contribution in [1.29, 1.82) is 0 Å². The molecular weight excluding hydrogens is 300 g/mol. The van der Waals surface area contributed by atoms with Crippen LogP contribution in [0.2, 0.25) is 0 Å². The van der Waals surface area contributed by atoms with Gasteiger partial charge < -0.3 is 5.32 Å². The molecule has 2 N–H and O–H groups in total. The zero-order valence-electron chi connectivity index (χ0n) is 13.4. The number of hydrogen-bond acceptors (Lipinski definition) is 3. The van der Waals surface area contributed by atoms with E-state index in [-0.39, 0.29) is 11.8 Å². The fourth-order valence-corrected chi connectivity index (χ4v) is 6.10. The molecule has 0 unspecified atom stereocenters. The maximum absolute atomic E-state index is 12.1. The highest BCUT2D eigenvalue weighted by molar-refractivity contribution is 7.90. The lowest BCUT2D eigenvalue weighted by molar-refractivity contribution is -0.00919.